The lowest BCUT2D eigenvalue weighted by Gasteiger charge is -2.16. The van der Waals surface area contributed by atoms with E-state index in [1.165, 1.54) is 0 Å². The summed E-state index contributed by atoms with van der Waals surface area (Å²) in [5.74, 6) is -0.918. The van der Waals surface area contributed by atoms with Crippen LogP contribution < -0.4 is 5.32 Å². The van der Waals surface area contributed by atoms with E-state index in [1.807, 2.05) is 31.2 Å². The van der Waals surface area contributed by atoms with E-state index in [2.05, 4.69) is 21.2 Å². The lowest BCUT2D eigenvalue weighted by Crippen LogP contribution is -2.08. The van der Waals surface area contributed by atoms with Gasteiger partial charge in [0.25, 0.3) is 0 Å². The smallest absolute Gasteiger partial charge is 0.146 e. The largest absolute Gasteiger partial charge is 0.376 e. The summed E-state index contributed by atoms with van der Waals surface area (Å²) < 4.78 is 27.5. The highest BCUT2D eigenvalue weighted by Crippen LogP contribution is 2.24. The molecule has 0 bridgehead atoms. The van der Waals surface area contributed by atoms with Crippen molar-refractivity contribution in [2.24, 2.45) is 0 Å². The molecule has 1 N–H and O–H groups in total. The Morgan fingerprint density at radius 3 is 2.61 bits per heavy atom. The van der Waals surface area contributed by atoms with Crippen LogP contribution in [0.15, 0.2) is 46.9 Å². The summed E-state index contributed by atoms with van der Waals surface area (Å²) in [4.78, 5) is 0. The molecule has 1 unspecified atom stereocenters. The highest BCUT2D eigenvalue weighted by Gasteiger charge is 2.09. The maximum Gasteiger partial charge on any atom is 0.146 e. The number of hydrogen-bond donors (Lipinski definition) is 1. The molecule has 0 saturated carbocycles. The Bertz CT molecular complexity index is 557. The molecule has 4 heteroatoms. The Morgan fingerprint density at radius 2 is 1.89 bits per heavy atom. The molecule has 0 aliphatic heterocycles. The van der Waals surface area contributed by atoms with Gasteiger partial charge in [-0.15, -0.1) is 0 Å². The second kappa shape index (κ2) is 5.48. The number of rotatable bonds is 3. The minimum Gasteiger partial charge on any atom is -0.376 e. The fraction of sp³-hybridized carbons (Fsp3) is 0.143. The third kappa shape index (κ3) is 3.07. The Hall–Kier alpha value is -1.42. The van der Waals surface area contributed by atoms with Gasteiger partial charge in [0.15, 0.2) is 0 Å². The zero-order valence-electron chi connectivity index (χ0n) is 9.75. The van der Waals surface area contributed by atoms with E-state index in [1.54, 1.807) is 0 Å². The maximum absolute atomic E-state index is 13.5. The summed E-state index contributed by atoms with van der Waals surface area (Å²) in [7, 11) is 0. The minimum atomic E-state index is -0.460. The summed E-state index contributed by atoms with van der Waals surface area (Å²) in [6, 6.07) is 10.9. The van der Waals surface area contributed by atoms with Crippen LogP contribution in [0.4, 0.5) is 14.5 Å². The molecule has 1 atom stereocenters. The predicted octanol–water partition coefficient (Wildman–Crippen LogP) is 4.90. The first-order chi connectivity index (χ1) is 8.56. The van der Waals surface area contributed by atoms with Crippen molar-refractivity contribution >= 4 is 21.6 Å². The van der Waals surface area contributed by atoms with Crippen LogP contribution in [0.5, 0.6) is 0 Å². The van der Waals surface area contributed by atoms with Crippen LogP contribution in [0.1, 0.15) is 18.5 Å². The van der Waals surface area contributed by atoms with E-state index in [4.69, 9.17) is 0 Å². The first-order valence-corrected chi connectivity index (χ1v) is 6.32. The lowest BCUT2D eigenvalue weighted by molar-refractivity contribution is 0.600. The average molecular weight is 312 g/mol. The molecule has 2 rings (SSSR count). The second-order valence-electron chi connectivity index (χ2n) is 4.05. The van der Waals surface area contributed by atoms with E-state index in [9.17, 15) is 8.78 Å². The highest BCUT2D eigenvalue weighted by molar-refractivity contribution is 9.10. The molecule has 2 aromatic carbocycles. The quantitative estimate of drug-likeness (QED) is 0.850. The second-order valence-corrected chi connectivity index (χ2v) is 4.96. The molecule has 0 aliphatic rings. The Labute approximate surface area is 113 Å². The topological polar surface area (TPSA) is 12.0 Å². The van der Waals surface area contributed by atoms with Gasteiger partial charge in [0.2, 0.25) is 0 Å². The summed E-state index contributed by atoms with van der Waals surface area (Å²) in [6.45, 7) is 1.89. The molecule has 18 heavy (non-hydrogen) atoms. The molecule has 0 saturated heterocycles. The van der Waals surface area contributed by atoms with Crippen LogP contribution in [-0.2, 0) is 0 Å². The van der Waals surface area contributed by atoms with Crippen LogP contribution in [0, 0.1) is 11.6 Å². The zero-order valence-corrected chi connectivity index (χ0v) is 11.3. The van der Waals surface area contributed by atoms with Gasteiger partial charge in [-0.2, -0.15) is 0 Å². The van der Waals surface area contributed by atoms with E-state index in [0.29, 0.717) is 0 Å². The van der Waals surface area contributed by atoms with Crippen LogP contribution in [0.2, 0.25) is 0 Å². The van der Waals surface area contributed by atoms with Gasteiger partial charge in [-0.3, -0.25) is 0 Å². The van der Waals surface area contributed by atoms with Gasteiger partial charge in [-0.25, -0.2) is 8.78 Å². The summed E-state index contributed by atoms with van der Waals surface area (Å²) >= 11 is 3.38. The third-order valence-electron chi connectivity index (χ3n) is 2.65. The summed E-state index contributed by atoms with van der Waals surface area (Å²) in [5.41, 5.74) is 1.16. The number of anilines is 1. The standard InChI is InChI=1S/C14H12BrF2N/c1-9(10-3-2-4-11(15)7-10)18-14-8-12(16)5-6-13(14)17/h2-9,18H,1H3. The van der Waals surface area contributed by atoms with E-state index >= 15 is 0 Å². The predicted molar refractivity (Wildman–Crippen MR) is 72.5 cm³/mol. The molecular weight excluding hydrogens is 300 g/mol. The summed E-state index contributed by atoms with van der Waals surface area (Å²) in [5, 5.41) is 2.96. The molecule has 1 nitrogen and oxygen atoms in total. The van der Waals surface area contributed by atoms with Crippen molar-refractivity contribution < 1.29 is 8.78 Å². The molecule has 94 valence electrons. The van der Waals surface area contributed by atoms with Crippen molar-refractivity contribution in [2.75, 3.05) is 5.32 Å². The zero-order chi connectivity index (χ0) is 13.1. The maximum atomic E-state index is 13.5. The van der Waals surface area contributed by atoms with Crippen molar-refractivity contribution in [3.63, 3.8) is 0 Å². The Morgan fingerprint density at radius 1 is 1.11 bits per heavy atom. The van der Waals surface area contributed by atoms with E-state index in [0.717, 1.165) is 28.2 Å². The molecule has 0 amide bonds. The monoisotopic (exact) mass is 311 g/mol. The van der Waals surface area contributed by atoms with Gasteiger partial charge in [0, 0.05) is 10.5 Å². The SMILES string of the molecule is CC(Nc1cc(F)ccc1F)c1cccc(Br)c1. The average Bonchev–Trinajstić information content (AvgIpc) is 2.34. The van der Waals surface area contributed by atoms with Crippen molar-refractivity contribution in [1.82, 2.24) is 0 Å². The van der Waals surface area contributed by atoms with Crippen LogP contribution in [0.3, 0.4) is 0 Å². The van der Waals surface area contributed by atoms with Crippen LogP contribution >= 0.6 is 15.9 Å². The Balaban J connectivity index is 2.21. The van der Waals surface area contributed by atoms with Crippen molar-refractivity contribution in [3.8, 4) is 0 Å². The highest BCUT2D eigenvalue weighted by atomic mass is 79.9. The first kappa shape index (κ1) is 13.0. The fourth-order valence-electron chi connectivity index (χ4n) is 1.70. The van der Waals surface area contributed by atoms with Crippen molar-refractivity contribution in [3.05, 3.63) is 64.1 Å². The van der Waals surface area contributed by atoms with Gasteiger partial charge < -0.3 is 5.32 Å². The molecule has 2 aromatic rings. The van der Waals surface area contributed by atoms with Gasteiger partial charge >= 0.3 is 0 Å². The number of hydrogen-bond acceptors (Lipinski definition) is 1. The van der Waals surface area contributed by atoms with E-state index < -0.39 is 11.6 Å². The lowest BCUT2D eigenvalue weighted by atomic mass is 10.1. The normalized spacial score (nSPS) is 12.2. The first-order valence-electron chi connectivity index (χ1n) is 5.53. The molecule has 0 spiro atoms. The molecule has 0 fully saturated rings. The van der Waals surface area contributed by atoms with Crippen LogP contribution in [-0.4, -0.2) is 0 Å². The third-order valence-corrected chi connectivity index (χ3v) is 3.14. The van der Waals surface area contributed by atoms with Crippen LogP contribution in [0.25, 0.3) is 0 Å². The fourth-order valence-corrected chi connectivity index (χ4v) is 2.12. The Kier molecular flexibility index (Phi) is 3.97. The van der Waals surface area contributed by atoms with Gasteiger partial charge in [-0.1, -0.05) is 28.1 Å². The molecule has 0 aromatic heterocycles. The molecule has 0 heterocycles. The van der Waals surface area contributed by atoms with Crippen molar-refractivity contribution in [2.45, 2.75) is 13.0 Å². The van der Waals surface area contributed by atoms with E-state index in [-0.39, 0.29) is 11.7 Å². The summed E-state index contributed by atoms with van der Waals surface area (Å²) in [6.07, 6.45) is 0. The van der Waals surface area contributed by atoms with Gasteiger partial charge in [0.1, 0.15) is 11.6 Å². The van der Waals surface area contributed by atoms with Crippen molar-refractivity contribution in [1.29, 1.82) is 0 Å². The minimum absolute atomic E-state index is 0.112. The molecule has 0 aliphatic carbocycles. The molecular formula is C14H12BrF2N. The van der Waals surface area contributed by atoms with Gasteiger partial charge in [0.05, 0.1) is 5.69 Å². The number of benzene rings is 2. The molecule has 0 radical (unpaired) electrons. The van der Waals surface area contributed by atoms with Gasteiger partial charge in [-0.05, 0) is 42.8 Å². The number of nitrogens with one attached hydrogen (secondary N) is 1. The number of halogens is 3.